The van der Waals surface area contributed by atoms with E-state index in [1.165, 1.54) is 0 Å². The molecule has 0 bridgehead atoms. The highest BCUT2D eigenvalue weighted by Crippen LogP contribution is 2.22. The van der Waals surface area contributed by atoms with Gasteiger partial charge in [-0.3, -0.25) is 4.68 Å². The van der Waals surface area contributed by atoms with E-state index in [1.807, 2.05) is 20.8 Å². The highest BCUT2D eigenvalue weighted by atomic mass is 16.7. The number of aliphatic hydroxyl groups is 1. The number of hydrogen-bond donors (Lipinski definition) is 3. The van der Waals surface area contributed by atoms with E-state index in [2.05, 4.69) is 10.1 Å². The Kier molecular flexibility index (Phi) is 7.19. The first-order valence-corrected chi connectivity index (χ1v) is 9.02. The Morgan fingerprint density at radius 1 is 1.46 bits per heavy atom. The molecule has 1 aromatic heterocycles. The molecular formula is C18H31N5O3. The van der Waals surface area contributed by atoms with Crippen LogP contribution in [0.3, 0.4) is 0 Å². The SMILES string of the molecule is CC(C)(C)C(N)=CC(N)=Nc1cn(CCOC2CCCCO2)nc1CO. The van der Waals surface area contributed by atoms with Crippen LogP contribution in [-0.2, 0) is 22.6 Å². The summed E-state index contributed by atoms with van der Waals surface area (Å²) in [7, 11) is 0. The van der Waals surface area contributed by atoms with Crippen LogP contribution in [0.2, 0.25) is 0 Å². The van der Waals surface area contributed by atoms with Crippen LogP contribution in [0.1, 0.15) is 45.7 Å². The molecule has 2 rings (SSSR count). The quantitative estimate of drug-likeness (QED) is 0.500. The minimum absolute atomic E-state index is 0.129. The van der Waals surface area contributed by atoms with E-state index >= 15 is 0 Å². The van der Waals surface area contributed by atoms with Gasteiger partial charge in [-0.05, 0) is 25.3 Å². The van der Waals surface area contributed by atoms with Gasteiger partial charge in [-0.15, -0.1) is 0 Å². The first-order valence-electron chi connectivity index (χ1n) is 9.02. The zero-order chi connectivity index (χ0) is 19.2. The molecule has 26 heavy (non-hydrogen) atoms. The fourth-order valence-electron chi connectivity index (χ4n) is 2.44. The lowest BCUT2D eigenvalue weighted by molar-refractivity contribution is -0.163. The van der Waals surface area contributed by atoms with E-state index in [0.29, 0.717) is 30.2 Å². The molecule has 0 spiro atoms. The van der Waals surface area contributed by atoms with Gasteiger partial charge < -0.3 is 26.0 Å². The molecule has 0 saturated carbocycles. The van der Waals surface area contributed by atoms with Crippen molar-refractivity contribution in [3.05, 3.63) is 23.7 Å². The second-order valence-corrected chi connectivity index (χ2v) is 7.44. The first-order chi connectivity index (χ1) is 12.3. The van der Waals surface area contributed by atoms with Crippen molar-refractivity contribution in [1.29, 1.82) is 0 Å². The number of rotatable bonds is 7. The van der Waals surface area contributed by atoms with Crippen molar-refractivity contribution in [2.75, 3.05) is 13.2 Å². The topological polar surface area (TPSA) is 121 Å². The molecule has 5 N–H and O–H groups in total. The maximum absolute atomic E-state index is 9.51. The maximum atomic E-state index is 9.51. The van der Waals surface area contributed by atoms with Crippen LogP contribution in [-0.4, -0.2) is 40.2 Å². The molecule has 1 saturated heterocycles. The molecule has 0 aromatic carbocycles. The molecule has 1 unspecified atom stereocenters. The Bertz CT molecular complexity index is 640. The monoisotopic (exact) mass is 365 g/mol. The first kappa shape index (κ1) is 20.4. The average Bonchev–Trinajstić information content (AvgIpc) is 2.96. The summed E-state index contributed by atoms with van der Waals surface area (Å²) in [6.07, 6.45) is 6.40. The molecule has 2 heterocycles. The third kappa shape index (κ3) is 6.12. The number of nitrogens with two attached hydrogens (primary N) is 2. The normalized spacial score (nSPS) is 19.8. The maximum Gasteiger partial charge on any atom is 0.157 e. The number of nitrogens with zero attached hydrogens (tertiary/aromatic N) is 3. The van der Waals surface area contributed by atoms with E-state index in [9.17, 15) is 5.11 Å². The minimum Gasteiger partial charge on any atom is -0.401 e. The van der Waals surface area contributed by atoms with Crippen LogP contribution in [0.5, 0.6) is 0 Å². The lowest BCUT2D eigenvalue weighted by Gasteiger charge is -2.22. The highest BCUT2D eigenvalue weighted by molar-refractivity contribution is 5.94. The third-order valence-corrected chi connectivity index (χ3v) is 4.15. The highest BCUT2D eigenvalue weighted by Gasteiger charge is 2.15. The molecule has 1 atom stereocenters. The van der Waals surface area contributed by atoms with Gasteiger partial charge in [0.2, 0.25) is 0 Å². The predicted octanol–water partition coefficient (Wildman–Crippen LogP) is 1.80. The Balaban J connectivity index is 1.99. The summed E-state index contributed by atoms with van der Waals surface area (Å²) < 4.78 is 12.9. The van der Waals surface area contributed by atoms with Gasteiger partial charge in [-0.2, -0.15) is 5.10 Å². The van der Waals surface area contributed by atoms with Crippen LogP contribution >= 0.6 is 0 Å². The Morgan fingerprint density at radius 3 is 2.85 bits per heavy atom. The number of aliphatic hydroxyl groups excluding tert-OH is 1. The van der Waals surface area contributed by atoms with Crippen molar-refractivity contribution in [2.24, 2.45) is 21.9 Å². The fraction of sp³-hybridized carbons (Fsp3) is 0.667. The number of ether oxygens (including phenoxy) is 2. The van der Waals surface area contributed by atoms with Crippen molar-refractivity contribution >= 4 is 11.5 Å². The fourth-order valence-corrected chi connectivity index (χ4v) is 2.44. The molecule has 0 amide bonds. The van der Waals surface area contributed by atoms with E-state index in [-0.39, 0.29) is 24.1 Å². The summed E-state index contributed by atoms with van der Waals surface area (Å²) in [5, 5.41) is 13.8. The minimum atomic E-state index is -0.218. The van der Waals surface area contributed by atoms with Gasteiger partial charge >= 0.3 is 0 Å². The van der Waals surface area contributed by atoms with Gasteiger partial charge in [0.15, 0.2) is 6.29 Å². The summed E-state index contributed by atoms with van der Waals surface area (Å²) in [5.41, 5.74) is 13.4. The van der Waals surface area contributed by atoms with Crippen molar-refractivity contribution in [3.8, 4) is 0 Å². The molecule has 1 fully saturated rings. The van der Waals surface area contributed by atoms with E-state index in [1.54, 1.807) is 17.0 Å². The lowest BCUT2D eigenvalue weighted by Crippen LogP contribution is -2.24. The Morgan fingerprint density at radius 2 is 2.23 bits per heavy atom. The standard InChI is InChI=1S/C18H31N5O3/c1-18(2,3)15(19)10-16(20)21-13-11-23(22-14(13)12-24)7-9-26-17-6-4-5-8-25-17/h10-11,17,24H,4-9,12,19H2,1-3H3,(H2,20,21). The van der Waals surface area contributed by atoms with Crippen LogP contribution in [0.15, 0.2) is 23.0 Å². The van der Waals surface area contributed by atoms with Crippen molar-refractivity contribution in [2.45, 2.75) is 59.5 Å². The second kappa shape index (κ2) is 9.16. The summed E-state index contributed by atoms with van der Waals surface area (Å²) in [5.74, 6) is 0.276. The lowest BCUT2D eigenvalue weighted by atomic mass is 9.92. The largest absolute Gasteiger partial charge is 0.401 e. The Labute approximate surface area is 154 Å². The van der Waals surface area contributed by atoms with Crippen LogP contribution in [0.4, 0.5) is 5.69 Å². The summed E-state index contributed by atoms with van der Waals surface area (Å²) >= 11 is 0. The molecule has 0 aliphatic carbocycles. The van der Waals surface area contributed by atoms with Gasteiger partial charge in [-0.1, -0.05) is 20.8 Å². The van der Waals surface area contributed by atoms with Gasteiger partial charge in [0.25, 0.3) is 0 Å². The predicted molar refractivity (Wildman–Crippen MR) is 101 cm³/mol. The molecular weight excluding hydrogens is 334 g/mol. The second-order valence-electron chi connectivity index (χ2n) is 7.44. The average molecular weight is 365 g/mol. The molecule has 1 aliphatic rings. The molecule has 0 radical (unpaired) electrons. The van der Waals surface area contributed by atoms with Gasteiger partial charge in [0, 0.05) is 17.7 Å². The van der Waals surface area contributed by atoms with Crippen molar-refractivity contribution < 1.29 is 14.6 Å². The van der Waals surface area contributed by atoms with E-state index < -0.39 is 0 Å². The number of aromatic nitrogens is 2. The van der Waals surface area contributed by atoms with Gasteiger partial charge in [0.1, 0.15) is 17.2 Å². The molecule has 8 heteroatoms. The molecule has 146 valence electrons. The molecule has 1 aliphatic heterocycles. The van der Waals surface area contributed by atoms with Crippen molar-refractivity contribution in [3.63, 3.8) is 0 Å². The summed E-state index contributed by atoms with van der Waals surface area (Å²) in [6, 6.07) is 0. The Hall–Kier alpha value is -1.90. The number of hydrogen-bond acceptors (Lipinski definition) is 6. The van der Waals surface area contributed by atoms with Gasteiger partial charge in [0.05, 0.1) is 26.0 Å². The van der Waals surface area contributed by atoms with Gasteiger partial charge in [-0.25, -0.2) is 4.99 Å². The molecule has 1 aromatic rings. The summed E-state index contributed by atoms with van der Waals surface area (Å²) in [4.78, 5) is 4.33. The number of aliphatic imine (C=N–C) groups is 1. The van der Waals surface area contributed by atoms with Crippen LogP contribution in [0, 0.1) is 5.41 Å². The number of allylic oxidation sites excluding steroid dienone is 1. The van der Waals surface area contributed by atoms with Crippen molar-refractivity contribution in [1.82, 2.24) is 9.78 Å². The summed E-state index contributed by atoms with van der Waals surface area (Å²) in [6.45, 7) is 7.56. The van der Waals surface area contributed by atoms with E-state index in [4.69, 9.17) is 20.9 Å². The zero-order valence-electron chi connectivity index (χ0n) is 15.9. The smallest absolute Gasteiger partial charge is 0.157 e. The zero-order valence-corrected chi connectivity index (χ0v) is 15.9. The molecule has 8 nitrogen and oxygen atoms in total. The third-order valence-electron chi connectivity index (χ3n) is 4.15. The van der Waals surface area contributed by atoms with Crippen LogP contribution in [0.25, 0.3) is 0 Å². The van der Waals surface area contributed by atoms with E-state index in [0.717, 1.165) is 25.9 Å². The van der Waals surface area contributed by atoms with Crippen LogP contribution < -0.4 is 11.5 Å². The number of amidine groups is 1.